The van der Waals surface area contributed by atoms with E-state index in [2.05, 4.69) is 10.6 Å². The van der Waals surface area contributed by atoms with Crippen molar-refractivity contribution in [3.05, 3.63) is 35.4 Å². The lowest BCUT2D eigenvalue weighted by Crippen LogP contribution is -2.57. The Morgan fingerprint density at radius 2 is 1.63 bits per heavy atom. The van der Waals surface area contributed by atoms with Gasteiger partial charge in [0.25, 0.3) is 0 Å². The monoisotopic (exact) mass is 533 g/mol. The lowest BCUT2D eigenvalue weighted by molar-refractivity contribution is -0.146. The summed E-state index contributed by atoms with van der Waals surface area (Å²) in [5, 5.41) is 5.59. The van der Waals surface area contributed by atoms with Crippen LogP contribution >= 0.6 is 0 Å². The number of nitrogens with one attached hydrogen (secondary N) is 2. The molecule has 0 saturated heterocycles. The maximum absolute atomic E-state index is 14.2. The van der Waals surface area contributed by atoms with E-state index in [0.717, 1.165) is 5.56 Å². The van der Waals surface area contributed by atoms with Crippen molar-refractivity contribution in [1.82, 2.24) is 15.5 Å². The van der Waals surface area contributed by atoms with Gasteiger partial charge in [0, 0.05) is 12.6 Å². The molecule has 0 aliphatic carbocycles. The van der Waals surface area contributed by atoms with Crippen LogP contribution in [0.3, 0.4) is 0 Å². The molecule has 4 atom stereocenters. The fourth-order valence-electron chi connectivity index (χ4n) is 4.00. The van der Waals surface area contributed by atoms with Gasteiger partial charge in [-0.05, 0) is 65.0 Å². The first-order valence-corrected chi connectivity index (χ1v) is 13.6. The highest BCUT2D eigenvalue weighted by Gasteiger charge is 2.40. The normalized spacial score (nSPS) is 14.4. The predicted molar refractivity (Wildman–Crippen MR) is 147 cm³/mol. The third-order valence-corrected chi connectivity index (χ3v) is 6.41. The third-order valence-electron chi connectivity index (χ3n) is 6.41. The Bertz CT molecular complexity index is 942. The molecule has 0 fully saturated rings. The van der Waals surface area contributed by atoms with E-state index >= 15 is 0 Å². The van der Waals surface area contributed by atoms with E-state index in [1.807, 2.05) is 58.9 Å². The minimum Gasteiger partial charge on any atom is -0.466 e. The molecule has 214 valence electrons. The summed E-state index contributed by atoms with van der Waals surface area (Å²) in [6.45, 7) is 16.9. The summed E-state index contributed by atoms with van der Waals surface area (Å²) in [5.74, 6) is -1.40. The number of alkyl carbamates (subject to hydrolysis) is 1. The van der Waals surface area contributed by atoms with E-state index in [-0.39, 0.29) is 37.4 Å². The van der Waals surface area contributed by atoms with Gasteiger partial charge in [0.1, 0.15) is 17.7 Å². The Balaban J connectivity index is 3.49. The predicted octanol–water partition coefficient (Wildman–Crippen LogP) is 4.67. The van der Waals surface area contributed by atoms with Gasteiger partial charge in [-0.2, -0.15) is 0 Å². The van der Waals surface area contributed by atoms with Crippen molar-refractivity contribution >= 4 is 23.9 Å². The van der Waals surface area contributed by atoms with Crippen LogP contribution in [0.15, 0.2) is 24.3 Å². The Morgan fingerprint density at radius 1 is 1.00 bits per heavy atom. The van der Waals surface area contributed by atoms with Crippen LogP contribution in [0.25, 0.3) is 0 Å². The summed E-state index contributed by atoms with van der Waals surface area (Å²) in [5.41, 5.74) is 0.792. The first kappa shape index (κ1) is 32.9. The molecule has 0 aliphatic rings. The smallest absolute Gasteiger partial charge is 0.408 e. The number of nitrogens with zero attached hydrogens (tertiary/aromatic N) is 1. The van der Waals surface area contributed by atoms with Crippen LogP contribution in [0, 0.1) is 12.8 Å². The number of hydrogen-bond acceptors (Lipinski definition) is 6. The first-order chi connectivity index (χ1) is 17.8. The zero-order valence-electron chi connectivity index (χ0n) is 24.6. The van der Waals surface area contributed by atoms with Crippen molar-refractivity contribution in [1.29, 1.82) is 0 Å². The fourth-order valence-corrected chi connectivity index (χ4v) is 4.00. The molecule has 9 heteroatoms. The summed E-state index contributed by atoms with van der Waals surface area (Å²) in [6, 6.07) is 5.22. The largest absolute Gasteiger partial charge is 0.466 e. The van der Waals surface area contributed by atoms with Gasteiger partial charge in [0.2, 0.25) is 11.8 Å². The number of hydrogen-bond donors (Lipinski definition) is 2. The molecule has 0 spiro atoms. The average Bonchev–Trinajstić information content (AvgIpc) is 2.84. The molecule has 0 saturated carbocycles. The van der Waals surface area contributed by atoms with Crippen LogP contribution in [0.1, 0.15) is 91.8 Å². The summed E-state index contributed by atoms with van der Waals surface area (Å²) in [4.78, 5) is 54.1. The quantitative estimate of drug-likeness (QED) is 0.356. The van der Waals surface area contributed by atoms with Crippen LogP contribution in [0.5, 0.6) is 0 Å². The van der Waals surface area contributed by atoms with Gasteiger partial charge in [-0.1, -0.05) is 51.5 Å². The van der Waals surface area contributed by atoms with Gasteiger partial charge >= 0.3 is 12.1 Å². The Morgan fingerprint density at radius 3 is 2.16 bits per heavy atom. The van der Waals surface area contributed by atoms with Crippen LogP contribution in [-0.4, -0.2) is 59.6 Å². The Kier molecular flexibility index (Phi) is 13.3. The Hall–Kier alpha value is -3.10. The van der Waals surface area contributed by atoms with Crippen LogP contribution in [-0.2, 0) is 23.9 Å². The number of amides is 3. The third kappa shape index (κ3) is 9.99. The van der Waals surface area contributed by atoms with Crippen LogP contribution in [0.4, 0.5) is 4.79 Å². The minimum absolute atomic E-state index is 0.0209. The molecule has 1 rings (SSSR count). The molecule has 1 aromatic rings. The second-order valence-corrected chi connectivity index (χ2v) is 10.6. The summed E-state index contributed by atoms with van der Waals surface area (Å²) < 4.78 is 10.4. The maximum Gasteiger partial charge on any atom is 0.408 e. The van der Waals surface area contributed by atoms with E-state index in [0.29, 0.717) is 18.4 Å². The standard InChI is InChI=1S/C29H47N3O6/c1-10-19(4)24(31-28(36)38-29(7,8)9)27(35)32(21(6)11-2)25(22-16-14-13-15-20(22)5)26(34)30-18-17-23(33)37-12-3/h13-16,19,21,24-25H,10-12,17-18H2,1-9H3,(H,30,34)(H,31,36). The number of ether oxygens (including phenoxy) is 2. The lowest BCUT2D eigenvalue weighted by atomic mass is 9.93. The van der Waals surface area contributed by atoms with Gasteiger partial charge in [-0.15, -0.1) is 0 Å². The summed E-state index contributed by atoms with van der Waals surface area (Å²) in [6.07, 6.45) is 0.546. The van der Waals surface area contributed by atoms with E-state index in [1.54, 1.807) is 32.6 Å². The molecule has 1 aromatic carbocycles. The molecule has 3 amide bonds. The summed E-state index contributed by atoms with van der Waals surface area (Å²) in [7, 11) is 0. The number of carbonyl (C=O) groups excluding carboxylic acids is 4. The first-order valence-electron chi connectivity index (χ1n) is 13.6. The zero-order valence-corrected chi connectivity index (χ0v) is 24.6. The van der Waals surface area contributed by atoms with Gasteiger partial charge in [-0.3, -0.25) is 14.4 Å². The molecular formula is C29H47N3O6. The number of esters is 1. The highest BCUT2D eigenvalue weighted by Crippen LogP contribution is 2.29. The SMILES string of the molecule is CCOC(=O)CCNC(=O)C(c1ccccc1C)N(C(=O)C(NC(=O)OC(C)(C)C)C(C)CC)C(C)CC. The van der Waals surface area contributed by atoms with Gasteiger partial charge in [-0.25, -0.2) is 4.79 Å². The number of rotatable bonds is 13. The van der Waals surface area contributed by atoms with Crippen molar-refractivity contribution in [2.45, 2.75) is 105 Å². The maximum atomic E-state index is 14.2. The molecule has 0 aliphatic heterocycles. The van der Waals surface area contributed by atoms with Gasteiger partial charge in [0.05, 0.1) is 13.0 Å². The molecular weight excluding hydrogens is 486 g/mol. The van der Waals surface area contributed by atoms with Crippen molar-refractivity contribution in [2.24, 2.45) is 5.92 Å². The molecule has 9 nitrogen and oxygen atoms in total. The number of benzene rings is 1. The van der Waals surface area contributed by atoms with Crippen LogP contribution in [0.2, 0.25) is 0 Å². The minimum atomic E-state index is -0.965. The number of aryl methyl sites for hydroxylation is 1. The van der Waals surface area contributed by atoms with E-state index in [4.69, 9.17) is 9.47 Å². The van der Waals surface area contributed by atoms with Crippen molar-refractivity contribution < 1.29 is 28.7 Å². The van der Waals surface area contributed by atoms with Gasteiger partial charge in [0.15, 0.2) is 0 Å². The van der Waals surface area contributed by atoms with E-state index in [1.165, 1.54) is 0 Å². The molecule has 0 aromatic heterocycles. The fraction of sp³-hybridized carbons (Fsp3) is 0.655. The van der Waals surface area contributed by atoms with Gasteiger partial charge < -0.3 is 25.0 Å². The van der Waals surface area contributed by atoms with Crippen molar-refractivity contribution in [3.63, 3.8) is 0 Å². The Labute approximate surface area is 228 Å². The van der Waals surface area contributed by atoms with Crippen LogP contribution < -0.4 is 10.6 Å². The summed E-state index contributed by atoms with van der Waals surface area (Å²) >= 11 is 0. The second kappa shape index (κ2) is 15.3. The molecule has 4 unspecified atom stereocenters. The second-order valence-electron chi connectivity index (χ2n) is 10.6. The molecule has 38 heavy (non-hydrogen) atoms. The average molecular weight is 534 g/mol. The van der Waals surface area contributed by atoms with E-state index < -0.39 is 35.7 Å². The zero-order chi connectivity index (χ0) is 29.0. The topological polar surface area (TPSA) is 114 Å². The van der Waals surface area contributed by atoms with Crippen molar-refractivity contribution in [2.75, 3.05) is 13.2 Å². The molecule has 2 N–H and O–H groups in total. The molecule has 0 radical (unpaired) electrons. The number of carbonyl (C=O) groups is 4. The van der Waals surface area contributed by atoms with Crippen molar-refractivity contribution in [3.8, 4) is 0 Å². The molecule has 0 bridgehead atoms. The highest BCUT2D eigenvalue weighted by atomic mass is 16.6. The lowest BCUT2D eigenvalue weighted by Gasteiger charge is -2.39. The highest BCUT2D eigenvalue weighted by molar-refractivity contribution is 5.92. The van der Waals surface area contributed by atoms with E-state index in [9.17, 15) is 19.2 Å². The molecule has 0 heterocycles.